The Labute approximate surface area is 62.2 Å². The van der Waals surface area contributed by atoms with Crippen LogP contribution in [0.25, 0.3) is 0 Å². The summed E-state index contributed by atoms with van der Waals surface area (Å²) in [5.74, 6) is 0. The molecule has 0 aliphatic rings. The molecule has 10 heavy (non-hydrogen) atoms. The maximum atomic E-state index is 3.79. The van der Waals surface area contributed by atoms with Gasteiger partial charge in [-0.3, -0.25) is 0 Å². The third-order valence-corrected chi connectivity index (χ3v) is 1.21. The highest BCUT2D eigenvalue weighted by atomic mass is 13.9. The van der Waals surface area contributed by atoms with Crippen LogP contribution in [0.2, 0.25) is 0 Å². The van der Waals surface area contributed by atoms with Gasteiger partial charge in [-0.1, -0.05) is 42.5 Å². The van der Waals surface area contributed by atoms with Crippen molar-refractivity contribution >= 4 is 0 Å². The van der Waals surface area contributed by atoms with E-state index in [9.17, 15) is 0 Å². The topological polar surface area (TPSA) is 0 Å². The van der Waals surface area contributed by atoms with E-state index in [0.29, 0.717) is 0 Å². The molecule has 0 N–H and O–H groups in total. The van der Waals surface area contributed by atoms with Crippen molar-refractivity contribution in [1.82, 2.24) is 0 Å². The molecule has 1 aromatic carbocycles. The average molecular weight is 131 g/mol. The van der Waals surface area contributed by atoms with Crippen molar-refractivity contribution in [2.75, 3.05) is 0 Å². The number of allylic oxidation sites excluding steroid dienone is 1. The van der Waals surface area contributed by atoms with E-state index in [0.717, 1.165) is 5.57 Å². The van der Waals surface area contributed by atoms with Crippen LogP contribution in [0.3, 0.4) is 0 Å². The summed E-state index contributed by atoms with van der Waals surface area (Å²) in [6.07, 6.45) is 2.06. The van der Waals surface area contributed by atoms with Gasteiger partial charge in [0.25, 0.3) is 0 Å². The molecule has 0 atom stereocenters. The highest BCUT2D eigenvalue weighted by molar-refractivity contribution is 5.30. The number of rotatable bonds is 2. The van der Waals surface area contributed by atoms with E-state index >= 15 is 0 Å². The van der Waals surface area contributed by atoms with Crippen molar-refractivity contribution in [3.05, 3.63) is 54.5 Å². The minimum atomic E-state index is 1.09. The summed E-state index contributed by atoms with van der Waals surface area (Å²) < 4.78 is 0. The summed E-state index contributed by atoms with van der Waals surface area (Å²) in [4.78, 5) is 0. The van der Waals surface area contributed by atoms with E-state index in [1.54, 1.807) is 0 Å². The Morgan fingerprint density at radius 3 is 2.40 bits per heavy atom. The molecule has 0 aliphatic carbocycles. The predicted octanol–water partition coefficient (Wildman–Crippen LogP) is 2.82. The fourth-order valence-electron chi connectivity index (χ4n) is 0.834. The number of hydrogen-bond donors (Lipinski definition) is 0. The molecular weight excluding hydrogens is 120 g/mol. The van der Waals surface area contributed by atoms with E-state index in [2.05, 4.69) is 25.1 Å². The largest absolute Gasteiger partial charge is 0.0995 e. The number of benzene rings is 1. The lowest BCUT2D eigenvalue weighted by molar-refractivity contribution is 1.39. The highest BCUT2D eigenvalue weighted by Gasteiger charge is 1.89. The van der Waals surface area contributed by atoms with E-state index in [1.165, 1.54) is 5.56 Å². The fraction of sp³-hybridized carbons (Fsp3) is 0.100. The molecule has 1 radical (unpaired) electrons. The van der Waals surface area contributed by atoms with Crippen LogP contribution in [0.15, 0.2) is 42.5 Å². The first-order valence-electron chi connectivity index (χ1n) is 3.34. The Morgan fingerprint density at radius 2 is 1.90 bits per heavy atom. The predicted molar refractivity (Wildman–Crippen MR) is 44.7 cm³/mol. The Bertz CT molecular complexity index is 209. The van der Waals surface area contributed by atoms with Gasteiger partial charge in [0.05, 0.1) is 0 Å². The second kappa shape index (κ2) is 3.21. The van der Waals surface area contributed by atoms with Gasteiger partial charge in [0.15, 0.2) is 0 Å². The summed E-state index contributed by atoms with van der Waals surface area (Å²) >= 11 is 0. The second-order valence-electron chi connectivity index (χ2n) is 2.40. The first-order valence-corrected chi connectivity index (χ1v) is 3.34. The van der Waals surface area contributed by atoms with Crippen molar-refractivity contribution in [3.63, 3.8) is 0 Å². The zero-order valence-corrected chi connectivity index (χ0v) is 6.17. The van der Waals surface area contributed by atoms with Crippen LogP contribution in [0.5, 0.6) is 0 Å². The Balaban J connectivity index is 2.67. The van der Waals surface area contributed by atoms with Crippen molar-refractivity contribution in [2.45, 2.75) is 6.92 Å². The van der Waals surface area contributed by atoms with Crippen LogP contribution in [0, 0.1) is 6.42 Å². The normalized spacial score (nSPS) is 9.30. The summed E-state index contributed by atoms with van der Waals surface area (Å²) in [7, 11) is 0. The molecule has 0 heteroatoms. The molecule has 0 nitrogen and oxygen atoms in total. The van der Waals surface area contributed by atoms with Gasteiger partial charge in [0, 0.05) is 6.42 Å². The lowest BCUT2D eigenvalue weighted by Gasteiger charge is -1.96. The quantitative estimate of drug-likeness (QED) is 0.579. The van der Waals surface area contributed by atoms with Crippen molar-refractivity contribution in [2.24, 2.45) is 0 Å². The summed E-state index contributed by atoms with van der Waals surface area (Å²) in [6.45, 7) is 5.79. The maximum absolute atomic E-state index is 3.79. The van der Waals surface area contributed by atoms with Gasteiger partial charge >= 0.3 is 0 Å². The van der Waals surface area contributed by atoms with Crippen LogP contribution < -0.4 is 0 Å². The molecule has 0 saturated carbocycles. The van der Waals surface area contributed by atoms with Gasteiger partial charge in [-0.2, -0.15) is 0 Å². The van der Waals surface area contributed by atoms with Gasteiger partial charge < -0.3 is 0 Å². The Hall–Kier alpha value is -1.04. The highest BCUT2D eigenvalue weighted by Crippen LogP contribution is 2.06. The second-order valence-corrected chi connectivity index (χ2v) is 2.40. The molecule has 0 heterocycles. The zero-order chi connectivity index (χ0) is 7.40. The minimum absolute atomic E-state index is 1.09. The summed E-state index contributed by atoms with van der Waals surface area (Å²) in [5.41, 5.74) is 2.31. The Kier molecular flexibility index (Phi) is 2.27. The first-order chi connectivity index (χ1) is 4.79. The fourth-order valence-corrected chi connectivity index (χ4v) is 0.834. The molecule has 0 saturated heterocycles. The van der Waals surface area contributed by atoms with Crippen LogP contribution in [-0.4, -0.2) is 0 Å². The van der Waals surface area contributed by atoms with Crippen LogP contribution >= 0.6 is 0 Å². The van der Waals surface area contributed by atoms with Crippen LogP contribution in [0.4, 0.5) is 0 Å². The molecule has 0 aliphatic heterocycles. The minimum Gasteiger partial charge on any atom is -0.0995 e. The van der Waals surface area contributed by atoms with E-state index < -0.39 is 0 Å². The molecular formula is C10H11. The molecule has 0 unspecified atom stereocenters. The Morgan fingerprint density at radius 1 is 1.30 bits per heavy atom. The van der Waals surface area contributed by atoms with Gasteiger partial charge in [-0.15, -0.1) is 0 Å². The van der Waals surface area contributed by atoms with Gasteiger partial charge in [0.2, 0.25) is 0 Å². The van der Waals surface area contributed by atoms with Crippen LogP contribution in [0.1, 0.15) is 12.5 Å². The molecule has 0 aromatic heterocycles. The van der Waals surface area contributed by atoms with E-state index in [1.807, 2.05) is 25.1 Å². The average Bonchev–Trinajstić information content (AvgIpc) is 1.88. The molecule has 0 spiro atoms. The van der Waals surface area contributed by atoms with E-state index in [4.69, 9.17) is 0 Å². The smallest absolute Gasteiger partial charge is 0.0149 e. The molecule has 0 bridgehead atoms. The van der Waals surface area contributed by atoms with Crippen molar-refractivity contribution in [3.8, 4) is 0 Å². The lowest BCUT2D eigenvalue weighted by atomic mass is 10.1. The van der Waals surface area contributed by atoms with Crippen molar-refractivity contribution < 1.29 is 0 Å². The monoisotopic (exact) mass is 131 g/mol. The summed E-state index contributed by atoms with van der Waals surface area (Å²) in [5, 5.41) is 0. The van der Waals surface area contributed by atoms with Crippen LogP contribution in [-0.2, 0) is 0 Å². The van der Waals surface area contributed by atoms with Gasteiger partial charge in [0.1, 0.15) is 0 Å². The third kappa shape index (κ3) is 2.06. The SMILES string of the molecule is C=C(C)[CH]c1ccccc1. The van der Waals surface area contributed by atoms with Gasteiger partial charge in [-0.05, 0) is 12.5 Å². The third-order valence-electron chi connectivity index (χ3n) is 1.21. The molecule has 0 amide bonds. The van der Waals surface area contributed by atoms with E-state index in [-0.39, 0.29) is 0 Å². The standard InChI is InChI=1S/C10H11/c1-9(2)8-10-6-4-3-5-7-10/h3-8H,1H2,2H3. The zero-order valence-electron chi connectivity index (χ0n) is 6.17. The number of hydrogen-bond acceptors (Lipinski definition) is 0. The molecule has 51 valence electrons. The molecule has 1 aromatic rings. The summed E-state index contributed by atoms with van der Waals surface area (Å²) in [6, 6.07) is 10.2. The molecule has 0 fully saturated rings. The first kappa shape index (κ1) is 7.07. The van der Waals surface area contributed by atoms with Crippen molar-refractivity contribution in [1.29, 1.82) is 0 Å². The molecule has 1 rings (SSSR count). The maximum Gasteiger partial charge on any atom is 0.0149 e. The lowest BCUT2D eigenvalue weighted by Crippen LogP contribution is -1.79. The van der Waals surface area contributed by atoms with Gasteiger partial charge in [-0.25, -0.2) is 0 Å².